The van der Waals surface area contributed by atoms with Crippen LogP contribution in [0.25, 0.3) is 0 Å². The second-order valence-corrected chi connectivity index (χ2v) is 8.69. The molecule has 12 N–H and O–H groups in total. The molecule has 15 nitrogen and oxygen atoms in total. The quantitative estimate of drug-likeness (QED) is 0.0650. The summed E-state index contributed by atoms with van der Waals surface area (Å²) >= 11 is 0. The highest BCUT2D eigenvalue weighted by molar-refractivity contribution is 5.94. The van der Waals surface area contributed by atoms with E-state index in [4.69, 9.17) is 17.2 Å². The summed E-state index contributed by atoms with van der Waals surface area (Å²) in [6, 6.07) is -4.77. The molecule has 5 atom stereocenters. The number of carbonyl (C=O) groups is 4. The Hall–Kier alpha value is -3.72. The number of guanidine groups is 1. The number of nitrogens with two attached hydrogens (primary N) is 3. The van der Waals surface area contributed by atoms with Gasteiger partial charge in [-0.3, -0.25) is 19.4 Å². The number of aliphatic carboxylic acids is 1. The summed E-state index contributed by atoms with van der Waals surface area (Å²) in [4.78, 5) is 60.4. The lowest BCUT2D eigenvalue weighted by Gasteiger charge is -2.27. The van der Waals surface area contributed by atoms with Crippen molar-refractivity contribution in [2.75, 3.05) is 6.54 Å². The predicted octanol–water partition coefficient (Wildman–Crippen LogP) is -3.09. The Bertz CT molecular complexity index is 900. The van der Waals surface area contributed by atoms with Crippen LogP contribution in [0, 0.1) is 5.92 Å². The fraction of sp³-hybridized carbons (Fsp3) is 0.619. The molecule has 0 bridgehead atoms. The number of aromatic nitrogens is 2. The average molecular weight is 512 g/mol. The SMILES string of the molecule is CC(C)C(NC(=O)C(CCCN=C(N)N)NC(=O)C(N)Cc1cnc[nH]1)C(=O)NC(C(=O)O)C(C)O. The van der Waals surface area contributed by atoms with Crippen LogP contribution in [0.15, 0.2) is 17.5 Å². The summed E-state index contributed by atoms with van der Waals surface area (Å²) in [6.45, 7) is 4.71. The number of hydrogen-bond acceptors (Lipinski definition) is 8. The second-order valence-electron chi connectivity index (χ2n) is 8.69. The first-order chi connectivity index (χ1) is 16.8. The fourth-order valence-corrected chi connectivity index (χ4v) is 3.20. The fourth-order valence-electron chi connectivity index (χ4n) is 3.20. The molecule has 0 spiro atoms. The molecule has 0 saturated carbocycles. The molecule has 1 aromatic rings. The third kappa shape index (κ3) is 10.3. The topological polar surface area (TPSA) is 264 Å². The van der Waals surface area contributed by atoms with Crippen molar-refractivity contribution in [1.82, 2.24) is 25.9 Å². The van der Waals surface area contributed by atoms with E-state index < -0.39 is 59.9 Å². The van der Waals surface area contributed by atoms with E-state index in [0.29, 0.717) is 12.1 Å². The molecular formula is C21H37N9O6. The van der Waals surface area contributed by atoms with E-state index in [0.717, 1.165) is 0 Å². The summed E-state index contributed by atoms with van der Waals surface area (Å²) in [5, 5.41) is 26.2. The van der Waals surface area contributed by atoms with Crippen LogP contribution in [0.5, 0.6) is 0 Å². The minimum Gasteiger partial charge on any atom is -0.480 e. The highest BCUT2D eigenvalue weighted by Gasteiger charge is 2.33. The van der Waals surface area contributed by atoms with Crippen molar-refractivity contribution in [2.45, 2.75) is 70.3 Å². The van der Waals surface area contributed by atoms with Crippen molar-refractivity contribution in [3.63, 3.8) is 0 Å². The first-order valence-electron chi connectivity index (χ1n) is 11.4. The number of rotatable bonds is 15. The van der Waals surface area contributed by atoms with Gasteiger partial charge in [0.1, 0.15) is 12.1 Å². The number of imidazole rings is 1. The molecule has 0 aliphatic carbocycles. The Kier molecular flexibility index (Phi) is 12.3. The van der Waals surface area contributed by atoms with Crippen molar-refractivity contribution in [2.24, 2.45) is 28.1 Å². The number of nitrogens with one attached hydrogen (secondary N) is 4. The Labute approximate surface area is 208 Å². The van der Waals surface area contributed by atoms with Gasteiger partial charge in [0.25, 0.3) is 0 Å². The van der Waals surface area contributed by atoms with E-state index in [9.17, 15) is 29.4 Å². The zero-order valence-corrected chi connectivity index (χ0v) is 20.6. The summed E-state index contributed by atoms with van der Waals surface area (Å²) in [7, 11) is 0. The molecule has 3 amide bonds. The molecule has 1 rings (SSSR count). The van der Waals surface area contributed by atoms with Crippen LogP contribution < -0.4 is 33.2 Å². The number of aliphatic hydroxyl groups excluding tert-OH is 1. The van der Waals surface area contributed by atoms with Gasteiger partial charge in [-0.15, -0.1) is 0 Å². The lowest BCUT2D eigenvalue weighted by molar-refractivity contribution is -0.145. The first-order valence-corrected chi connectivity index (χ1v) is 11.4. The molecule has 202 valence electrons. The number of carboxylic acids is 1. The van der Waals surface area contributed by atoms with Gasteiger partial charge in [-0.1, -0.05) is 13.8 Å². The van der Waals surface area contributed by atoms with Gasteiger partial charge < -0.3 is 48.3 Å². The van der Waals surface area contributed by atoms with Gasteiger partial charge in [0.2, 0.25) is 17.7 Å². The number of aromatic amines is 1. The van der Waals surface area contributed by atoms with Crippen LogP contribution in [0.2, 0.25) is 0 Å². The minimum absolute atomic E-state index is 0.121. The third-order valence-electron chi connectivity index (χ3n) is 5.20. The smallest absolute Gasteiger partial charge is 0.328 e. The molecule has 0 aliphatic heterocycles. The monoisotopic (exact) mass is 511 g/mol. The zero-order valence-electron chi connectivity index (χ0n) is 20.6. The summed E-state index contributed by atoms with van der Waals surface area (Å²) < 4.78 is 0. The van der Waals surface area contributed by atoms with Crippen LogP contribution in [-0.2, 0) is 25.6 Å². The standard InChI is InChI=1S/C21H37N9O6/c1-10(2)15(19(34)30-16(11(3)31)20(35)36)29-18(33)14(5-4-6-26-21(23)24)28-17(32)13(22)7-12-8-25-9-27-12/h8-11,13-16,31H,4-7,22H2,1-3H3,(H,25,27)(H,28,32)(H,29,33)(H,30,34)(H,35,36)(H4,23,24,26). The van der Waals surface area contributed by atoms with E-state index >= 15 is 0 Å². The average Bonchev–Trinajstić information content (AvgIpc) is 3.29. The first kappa shape index (κ1) is 30.3. The molecule has 0 radical (unpaired) electrons. The highest BCUT2D eigenvalue weighted by Crippen LogP contribution is 2.07. The highest BCUT2D eigenvalue weighted by atomic mass is 16.4. The number of hydrogen-bond donors (Lipinski definition) is 9. The van der Waals surface area contributed by atoms with Crippen LogP contribution >= 0.6 is 0 Å². The van der Waals surface area contributed by atoms with Crippen molar-refractivity contribution < 1.29 is 29.4 Å². The van der Waals surface area contributed by atoms with E-state index in [1.54, 1.807) is 13.8 Å². The summed E-state index contributed by atoms with van der Waals surface area (Å²) in [5.74, 6) is -4.07. The van der Waals surface area contributed by atoms with Gasteiger partial charge in [0, 0.05) is 24.9 Å². The molecule has 5 unspecified atom stereocenters. The van der Waals surface area contributed by atoms with Gasteiger partial charge in [0.05, 0.1) is 18.5 Å². The molecule has 1 heterocycles. The van der Waals surface area contributed by atoms with E-state index in [1.807, 2.05) is 0 Å². The van der Waals surface area contributed by atoms with Crippen LogP contribution in [0.3, 0.4) is 0 Å². The number of nitrogens with zero attached hydrogens (tertiary/aromatic N) is 2. The second kappa shape index (κ2) is 14.6. The number of H-pyrrole nitrogens is 1. The maximum atomic E-state index is 13.1. The lowest BCUT2D eigenvalue weighted by Crippen LogP contribution is -2.59. The third-order valence-corrected chi connectivity index (χ3v) is 5.20. The molecule has 0 aliphatic rings. The maximum absolute atomic E-state index is 13.1. The van der Waals surface area contributed by atoms with E-state index in [1.165, 1.54) is 19.4 Å². The van der Waals surface area contributed by atoms with Crippen LogP contribution in [0.4, 0.5) is 0 Å². The zero-order chi connectivity index (χ0) is 27.4. The molecule has 0 saturated heterocycles. The van der Waals surface area contributed by atoms with Crippen molar-refractivity contribution in [3.05, 3.63) is 18.2 Å². The predicted molar refractivity (Wildman–Crippen MR) is 130 cm³/mol. The van der Waals surface area contributed by atoms with Crippen molar-refractivity contribution in [3.8, 4) is 0 Å². The van der Waals surface area contributed by atoms with Crippen molar-refractivity contribution in [1.29, 1.82) is 0 Å². The molecule has 15 heteroatoms. The Morgan fingerprint density at radius 1 is 1.06 bits per heavy atom. The number of aliphatic imine (C=N–C) groups is 1. The maximum Gasteiger partial charge on any atom is 0.328 e. The van der Waals surface area contributed by atoms with Gasteiger partial charge in [-0.05, 0) is 25.7 Å². The molecule has 1 aromatic heterocycles. The largest absolute Gasteiger partial charge is 0.480 e. The minimum atomic E-state index is -1.56. The van der Waals surface area contributed by atoms with Gasteiger partial charge >= 0.3 is 5.97 Å². The number of carboxylic acid groups (broad SMARTS) is 1. The van der Waals surface area contributed by atoms with Gasteiger partial charge in [-0.2, -0.15) is 0 Å². The van der Waals surface area contributed by atoms with E-state index in [2.05, 4.69) is 30.9 Å². The molecule has 36 heavy (non-hydrogen) atoms. The number of carbonyl (C=O) groups excluding carboxylic acids is 3. The van der Waals surface area contributed by atoms with Gasteiger partial charge in [-0.25, -0.2) is 9.78 Å². The molecule has 0 aromatic carbocycles. The number of amides is 3. The van der Waals surface area contributed by atoms with Crippen LogP contribution in [-0.4, -0.2) is 86.6 Å². The Balaban J connectivity index is 2.97. The van der Waals surface area contributed by atoms with Crippen molar-refractivity contribution >= 4 is 29.7 Å². The lowest BCUT2D eigenvalue weighted by atomic mass is 10.0. The normalized spacial score (nSPS) is 15.2. The Morgan fingerprint density at radius 3 is 2.19 bits per heavy atom. The summed E-state index contributed by atoms with van der Waals surface area (Å²) in [5.41, 5.74) is 17.2. The summed E-state index contributed by atoms with van der Waals surface area (Å²) in [6.07, 6.45) is 2.21. The molecular weight excluding hydrogens is 474 g/mol. The van der Waals surface area contributed by atoms with E-state index in [-0.39, 0.29) is 25.3 Å². The van der Waals surface area contributed by atoms with Gasteiger partial charge in [0.15, 0.2) is 12.0 Å². The Morgan fingerprint density at radius 2 is 1.69 bits per heavy atom. The molecule has 0 fully saturated rings. The number of aliphatic hydroxyl groups is 1. The van der Waals surface area contributed by atoms with Crippen LogP contribution in [0.1, 0.15) is 39.3 Å².